The van der Waals surface area contributed by atoms with Crippen molar-refractivity contribution in [2.75, 3.05) is 13.1 Å². The fourth-order valence-electron chi connectivity index (χ4n) is 4.13. The third-order valence-corrected chi connectivity index (χ3v) is 5.79. The first kappa shape index (κ1) is 21.0. The number of nitrogens with zero attached hydrogens (tertiary/aromatic N) is 4. The van der Waals surface area contributed by atoms with Crippen LogP contribution in [0.3, 0.4) is 0 Å². The molecule has 4 rings (SSSR count). The van der Waals surface area contributed by atoms with Gasteiger partial charge in [0.25, 0.3) is 5.91 Å². The highest BCUT2D eigenvalue weighted by Crippen LogP contribution is 2.24. The molecule has 3 heterocycles. The number of hydrogen-bond donors (Lipinski definition) is 1. The number of nitrogens with one attached hydrogen (secondary N) is 1. The van der Waals surface area contributed by atoms with E-state index in [9.17, 15) is 9.59 Å². The molecule has 0 radical (unpaired) electrons. The smallest absolute Gasteiger partial charge is 0.254 e. The molecule has 7 heteroatoms. The van der Waals surface area contributed by atoms with Gasteiger partial charge >= 0.3 is 0 Å². The number of benzene rings is 1. The molecule has 7 nitrogen and oxygen atoms in total. The molecule has 2 aromatic heterocycles. The maximum atomic E-state index is 13.0. The van der Waals surface area contributed by atoms with Gasteiger partial charge in [0.2, 0.25) is 5.91 Å². The van der Waals surface area contributed by atoms with Crippen molar-refractivity contribution in [3.8, 4) is 0 Å². The van der Waals surface area contributed by atoms with Crippen molar-refractivity contribution >= 4 is 23.0 Å². The molecule has 0 fully saturated rings. The van der Waals surface area contributed by atoms with Crippen LogP contribution >= 0.6 is 0 Å². The molecule has 0 atom stereocenters. The molecule has 2 amide bonds. The molecule has 3 aromatic rings. The van der Waals surface area contributed by atoms with Crippen molar-refractivity contribution in [3.05, 3.63) is 59.0 Å². The summed E-state index contributed by atoms with van der Waals surface area (Å²) < 4.78 is 2.15. The van der Waals surface area contributed by atoms with E-state index in [1.165, 1.54) is 6.42 Å². The van der Waals surface area contributed by atoms with Gasteiger partial charge in [0, 0.05) is 31.7 Å². The van der Waals surface area contributed by atoms with Crippen molar-refractivity contribution in [2.24, 2.45) is 0 Å². The van der Waals surface area contributed by atoms with Crippen molar-refractivity contribution in [2.45, 2.75) is 52.6 Å². The Bertz CT molecular complexity index is 1090. The zero-order valence-corrected chi connectivity index (χ0v) is 18.2. The van der Waals surface area contributed by atoms with E-state index in [-0.39, 0.29) is 18.4 Å². The highest BCUT2D eigenvalue weighted by Gasteiger charge is 2.21. The zero-order valence-electron chi connectivity index (χ0n) is 18.2. The van der Waals surface area contributed by atoms with Crippen molar-refractivity contribution in [3.63, 3.8) is 0 Å². The van der Waals surface area contributed by atoms with Gasteiger partial charge < -0.3 is 14.8 Å². The highest BCUT2D eigenvalue weighted by atomic mass is 16.2. The number of rotatable bonds is 6. The molecular weight excluding hydrogens is 390 g/mol. The first-order valence-corrected chi connectivity index (χ1v) is 11.0. The number of hydrogen-bond acceptors (Lipinski definition) is 4. The maximum Gasteiger partial charge on any atom is 0.254 e. The number of carbonyl (C=O) groups excluding carboxylic acids is 2. The number of likely N-dealkylation sites (N-methyl/N-ethyl adjacent to an activating group) is 1. The Hall–Kier alpha value is -3.22. The molecule has 1 aromatic carbocycles. The number of aryl methyl sites for hydroxylation is 3. The lowest BCUT2D eigenvalue weighted by molar-refractivity contribution is -0.130. The van der Waals surface area contributed by atoms with Gasteiger partial charge in [0.1, 0.15) is 11.3 Å². The first-order chi connectivity index (χ1) is 15.1. The van der Waals surface area contributed by atoms with Gasteiger partial charge in [-0.15, -0.1) is 0 Å². The van der Waals surface area contributed by atoms with Gasteiger partial charge in [-0.25, -0.2) is 9.97 Å². The lowest BCUT2D eigenvalue weighted by atomic mass is 10.2. The van der Waals surface area contributed by atoms with Gasteiger partial charge in [-0.2, -0.15) is 0 Å². The number of amides is 2. The van der Waals surface area contributed by atoms with Gasteiger partial charge in [-0.3, -0.25) is 9.59 Å². The molecule has 0 saturated carbocycles. The quantitative estimate of drug-likeness (QED) is 0.665. The average Bonchev–Trinajstić information content (AvgIpc) is 2.96. The third kappa shape index (κ3) is 4.60. The van der Waals surface area contributed by atoms with Crippen LogP contribution in [-0.4, -0.2) is 44.3 Å². The van der Waals surface area contributed by atoms with Gasteiger partial charge in [-0.05, 0) is 38.3 Å². The molecule has 0 bridgehead atoms. The minimum Gasteiger partial charge on any atom is -0.343 e. The molecule has 1 aliphatic rings. The molecular formula is C24H29N5O2. The van der Waals surface area contributed by atoms with Crippen LogP contribution in [0, 0.1) is 6.92 Å². The summed E-state index contributed by atoms with van der Waals surface area (Å²) in [5.41, 5.74) is 3.73. The molecule has 0 aliphatic carbocycles. The van der Waals surface area contributed by atoms with E-state index in [0.717, 1.165) is 48.5 Å². The first-order valence-electron chi connectivity index (χ1n) is 11.0. The average molecular weight is 420 g/mol. The van der Waals surface area contributed by atoms with Crippen LogP contribution in [0.4, 0.5) is 0 Å². The molecule has 0 spiro atoms. The SMILES string of the molecule is CCN(Cc1ccccc1)C(=O)CNC(=O)c1cc(C)nc2c1nc1n2CCCCC1. The van der Waals surface area contributed by atoms with Crippen LogP contribution < -0.4 is 5.32 Å². The lowest BCUT2D eigenvalue weighted by Gasteiger charge is -2.21. The fourth-order valence-corrected chi connectivity index (χ4v) is 4.13. The summed E-state index contributed by atoms with van der Waals surface area (Å²) in [6.07, 6.45) is 4.29. The second-order valence-corrected chi connectivity index (χ2v) is 8.05. The number of carbonyl (C=O) groups is 2. The highest BCUT2D eigenvalue weighted by molar-refractivity contribution is 6.05. The predicted molar refractivity (Wildman–Crippen MR) is 120 cm³/mol. The van der Waals surface area contributed by atoms with Crippen LogP contribution in [-0.2, 0) is 24.3 Å². The Morgan fingerprint density at radius 2 is 1.94 bits per heavy atom. The molecule has 162 valence electrons. The molecule has 1 N–H and O–H groups in total. The topological polar surface area (TPSA) is 80.1 Å². The van der Waals surface area contributed by atoms with E-state index in [4.69, 9.17) is 4.98 Å². The Morgan fingerprint density at radius 1 is 1.13 bits per heavy atom. The van der Waals surface area contributed by atoms with Crippen LogP contribution in [0.5, 0.6) is 0 Å². The Balaban J connectivity index is 1.50. The summed E-state index contributed by atoms with van der Waals surface area (Å²) >= 11 is 0. The molecule has 0 unspecified atom stereocenters. The van der Waals surface area contributed by atoms with Crippen LogP contribution in [0.25, 0.3) is 11.2 Å². The number of aromatic nitrogens is 3. The number of fused-ring (bicyclic) bond motifs is 3. The Labute approximate surface area is 182 Å². The minimum absolute atomic E-state index is 0.0457. The maximum absolute atomic E-state index is 13.0. The summed E-state index contributed by atoms with van der Waals surface area (Å²) in [6, 6.07) is 11.6. The van der Waals surface area contributed by atoms with Gasteiger partial charge in [-0.1, -0.05) is 36.8 Å². The van der Waals surface area contributed by atoms with Crippen molar-refractivity contribution < 1.29 is 9.59 Å². The standard InChI is InChI=1S/C24H29N5O2/c1-3-28(16-18-10-6-4-7-11-18)21(30)15-25-24(31)19-14-17(2)26-23-22(19)27-20-12-8-5-9-13-29(20)23/h4,6-7,10-11,14H,3,5,8-9,12-13,15-16H2,1-2H3,(H,25,31). The summed E-state index contributed by atoms with van der Waals surface area (Å²) in [4.78, 5) is 36.9. The van der Waals surface area contributed by atoms with E-state index in [1.54, 1.807) is 11.0 Å². The summed E-state index contributed by atoms with van der Waals surface area (Å²) in [7, 11) is 0. The molecule has 31 heavy (non-hydrogen) atoms. The summed E-state index contributed by atoms with van der Waals surface area (Å²) in [5, 5.41) is 2.80. The van der Waals surface area contributed by atoms with Crippen LogP contribution in [0.1, 0.15) is 53.6 Å². The second kappa shape index (κ2) is 9.29. The van der Waals surface area contributed by atoms with E-state index in [2.05, 4.69) is 14.9 Å². The largest absolute Gasteiger partial charge is 0.343 e. The summed E-state index contributed by atoms with van der Waals surface area (Å²) in [6.45, 7) is 5.77. The second-order valence-electron chi connectivity index (χ2n) is 8.05. The zero-order chi connectivity index (χ0) is 21.8. The van der Waals surface area contributed by atoms with E-state index < -0.39 is 0 Å². The Kier molecular flexibility index (Phi) is 6.30. The minimum atomic E-state index is -0.284. The van der Waals surface area contributed by atoms with Crippen molar-refractivity contribution in [1.82, 2.24) is 24.8 Å². The van der Waals surface area contributed by atoms with Gasteiger partial charge in [0.15, 0.2) is 5.65 Å². The molecule has 0 saturated heterocycles. The van der Waals surface area contributed by atoms with E-state index >= 15 is 0 Å². The van der Waals surface area contributed by atoms with E-state index in [1.807, 2.05) is 44.2 Å². The Morgan fingerprint density at radius 3 is 2.71 bits per heavy atom. The van der Waals surface area contributed by atoms with Crippen LogP contribution in [0.2, 0.25) is 0 Å². The third-order valence-electron chi connectivity index (χ3n) is 5.79. The normalized spacial score (nSPS) is 13.5. The lowest BCUT2D eigenvalue weighted by Crippen LogP contribution is -2.39. The molecule has 1 aliphatic heterocycles. The van der Waals surface area contributed by atoms with Crippen LogP contribution in [0.15, 0.2) is 36.4 Å². The number of pyridine rings is 1. The van der Waals surface area contributed by atoms with Gasteiger partial charge in [0.05, 0.1) is 12.1 Å². The summed E-state index contributed by atoms with van der Waals surface area (Å²) in [5.74, 6) is 0.603. The fraction of sp³-hybridized carbons (Fsp3) is 0.417. The number of imidazole rings is 1. The van der Waals surface area contributed by atoms with E-state index in [0.29, 0.717) is 24.2 Å². The monoisotopic (exact) mass is 419 g/mol. The van der Waals surface area contributed by atoms with Crippen molar-refractivity contribution in [1.29, 1.82) is 0 Å². The predicted octanol–water partition coefficient (Wildman–Crippen LogP) is 3.24.